The van der Waals surface area contributed by atoms with Crippen molar-refractivity contribution in [3.05, 3.63) is 29.8 Å². The maximum Gasteiger partial charge on any atom is 0.432 e. The number of carbonyl (C=O) groups is 2. The number of alkyl halides is 6. The summed E-state index contributed by atoms with van der Waals surface area (Å²) < 4.78 is 93.1. The van der Waals surface area contributed by atoms with Crippen LogP contribution in [0.2, 0.25) is 0 Å². The first-order chi connectivity index (χ1) is 15.1. The van der Waals surface area contributed by atoms with Crippen molar-refractivity contribution in [1.29, 1.82) is 0 Å². The van der Waals surface area contributed by atoms with Crippen LogP contribution in [-0.4, -0.2) is 64.3 Å². The molecular formula is C19H21F6NO7. The van der Waals surface area contributed by atoms with E-state index in [0.717, 1.165) is 18.2 Å². The number of aromatic hydroxyl groups is 1. The third kappa shape index (κ3) is 4.46. The second kappa shape index (κ2) is 8.99. The van der Waals surface area contributed by atoms with Gasteiger partial charge in [0.15, 0.2) is 0 Å². The predicted molar refractivity (Wildman–Crippen MR) is 96.2 cm³/mol. The fourth-order valence-electron chi connectivity index (χ4n) is 3.88. The first kappa shape index (κ1) is 26.7. The van der Waals surface area contributed by atoms with Crippen molar-refractivity contribution < 1.29 is 60.7 Å². The van der Waals surface area contributed by atoms with Gasteiger partial charge in [-0.05, 0) is 25.5 Å². The van der Waals surface area contributed by atoms with E-state index in [9.17, 15) is 51.3 Å². The summed E-state index contributed by atoms with van der Waals surface area (Å²) in [7, 11) is 0. The minimum atomic E-state index is -5.99. The monoisotopic (exact) mass is 489 g/mol. The fourth-order valence-corrected chi connectivity index (χ4v) is 3.88. The highest BCUT2D eigenvalue weighted by molar-refractivity contribution is 5.82. The molecule has 33 heavy (non-hydrogen) atoms. The highest BCUT2D eigenvalue weighted by Gasteiger charge is 2.78. The van der Waals surface area contributed by atoms with E-state index in [1.165, 1.54) is 19.9 Å². The molecule has 0 radical (unpaired) electrons. The molecule has 1 aromatic carbocycles. The zero-order chi connectivity index (χ0) is 25.4. The quantitative estimate of drug-likeness (QED) is 0.366. The van der Waals surface area contributed by atoms with Crippen molar-refractivity contribution in [2.24, 2.45) is 11.8 Å². The van der Waals surface area contributed by atoms with E-state index in [-0.39, 0.29) is 0 Å². The van der Waals surface area contributed by atoms with E-state index in [1.807, 2.05) is 0 Å². The van der Waals surface area contributed by atoms with Crippen LogP contribution in [0.5, 0.6) is 5.75 Å². The smallest absolute Gasteiger partial charge is 0.432 e. The van der Waals surface area contributed by atoms with Crippen molar-refractivity contribution in [2.45, 2.75) is 43.6 Å². The lowest BCUT2D eigenvalue weighted by atomic mass is 9.64. The molecule has 1 heterocycles. The Balaban J connectivity index is 3.00. The average Bonchev–Trinajstić information content (AvgIpc) is 2.66. The first-order valence-electron chi connectivity index (χ1n) is 9.55. The number of hydrogen-bond acceptors (Lipinski definition) is 8. The lowest BCUT2D eigenvalue weighted by molar-refractivity contribution is -0.376. The Morgan fingerprint density at radius 3 is 1.64 bits per heavy atom. The molecule has 0 amide bonds. The van der Waals surface area contributed by atoms with Crippen molar-refractivity contribution in [2.75, 3.05) is 13.2 Å². The number of rotatable bonds is 5. The van der Waals surface area contributed by atoms with Crippen molar-refractivity contribution in [1.82, 2.24) is 5.32 Å². The third-order valence-corrected chi connectivity index (χ3v) is 5.24. The minimum Gasteiger partial charge on any atom is -0.508 e. The molecule has 4 N–H and O–H groups in total. The Morgan fingerprint density at radius 2 is 1.30 bits per heavy atom. The van der Waals surface area contributed by atoms with Gasteiger partial charge in [-0.3, -0.25) is 9.59 Å². The highest BCUT2D eigenvalue weighted by atomic mass is 19.4. The minimum absolute atomic E-state index is 0.537. The van der Waals surface area contributed by atoms with Crippen LogP contribution in [0.3, 0.4) is 0 Å². The summed E-state index contributed by atoms with van der Waals surface area (Å²) in [5.41, 5.74) is -10.2. The largest absolute Gasteiger partial charge is 0.508 e. The van der Waals surface area contributed by atoms with E-state index in [4.69, 9.17) is 0 Å². The Bertz CT molecular complexity index is 844. The molecule has 5 atom stereocenters. The molecule has 8 nitrogen and oxygen atoms in total. The van der Waals surface area contributed by atoms with Crippen molar-refractivity contribution in [3.8, 4) is 5.75 Å². The molecule has 1 aliphatic rings. The Kier molecular flexibility index (Phi) is 7.26. The maximum atomic E-state index is 14.0. The second-order valence-electron chi connectivity index (χ2n) is 7.20. The summed E-state index contributed by atoms with van der Waals surface area (Å²) in [5, 5.41) is 31.8. The maximum absolute atomic E-state index is 14.0. The third-order valence-electron chi connectivity index (χ3n) is 5.24. The molecule has 1 unspecified atom stereocenters. The van der Waals surface area contributed by atoms with Gasteiger partial charge in [-0.1, -0.05) is 18.2 Å². The van der Waals surface area contributed by atoms with Crippen molar-refractivity contribution >= 4 is 11.9 Å². The van der Waals surface area contributed by atoms with Crippen LogP contribution in [0.1, 0.15) is 25.3 Å². The molecule has 0 saturated carbocycles. The normalized spacial score (nSPS) is 30.5. The van der Waals surface area contributed by atoms with Crippen LogP contribution < -0.4 is 5.32 Å². The summed E-state index contributed by atoms with van der Waals surface area (Å²) in [5.74, 6) is -13.1. The van der Waals surface area contributed by atoms with E-state index >= 15 is 0 Å². The van der Waals surface area contributed by atoms with Gasteiger partial charge in [-0.15, -0.1) is 0 Å². The Hall–Kier alpha value is -2.58. The number of piperidine rings is 1. The Morgan fingerprint density at radius 1 is 0.909 bits per heavy atom. The fraction of sp³-hybridized carbons (Fsp3) is 0.579. The topological polar surface area (TPSA) is 125 Å². The van der Waals surface area contributed by atoms with E-state index in [2.05, 4.69) is 9.47 Å². The SMILES string of the molecule is CCOC(=O)[C@@H]1C(c2ccccc2O)[C@H](C(=O)OCC)[C@](O)(C(F)(F)F)N[C@]1(O)C(F)(F)F. The lowest BCUT2D eigenvalue weighted by Gasteiger charge is -2.54. The number of nitrogens with one attached hydrogen (secondary N) is 1. The molecule has 14 heteroatoms. The summed E-state index contributed by atoms with van der Waals surface area (Å²) in [4.78, 5) is 25.2. The van der Waals surface area contributed by atoms with Crippen LogP contribution in [0.15, 0.2) is 24.3 Å². The number of esters is 2. The van der Waals surface area contributed by atoms with Gasteiger partial charge in [0.1, 0.15) is 17.6 Å². The van der Waals surface area contributed by atoms with Crippen molar-refractivity contribution in [3.63, 3.8) is 0 Å². The molecule has 0 spiro atoms. The average molecular weight is 489 g/mol. The standard InChI is InChI=1S/C19H21F6NO7/c1-3-32-14(28)12-11(9-7-5-6-8-10(9)27)13(15(29)33-4-2)17(31,19(23,24)25)26-16(12,30)18(20,21)22/h5-8,11-13,26-27,30-31H,3-4H2,1-2H3/t11?,12-,13+,16+,17-. The van der Waals surface area contributed by atoms with E-state index in [0.29, 0.717) is 5.32 Å². The zero-order valence-electron chi connectivity index (χ0n) is 17.2. The van der Waals surface area contributed by atoms with Gasteiger partial charge in [0.05, 0.1) is 13.2 Å². The predicted octanol–water partition coefficient (Wildman–Crippen LogP) is 1.94. The van der Waals surface area contributed by atoms with Crippen LogP contribution in [-0.2, 0) is 19.1 Å². The molecule has 186 valence electrons. The molecule has 1 aromatic rings. The van der Waals surface area contributed by atoms with Gasteiger partial charge in [0, 0.05) is 5.92 Å². The molecule has 0 aromatic heterocycles. The number of para-hydroxylation sites is 1. The number of hydrogen-bond donors (Lipinski definition) is 4. The van der Waals surface area contributed by atoms with Gasteiger partial charge in [0.25, 0.3) is 0 Å². The van der Waals surface area contributed by atoms with Gasteiger partial charge in [-0.2, -0.15) is 26.3 Å². The highest BCUT2D eigenvalue weighted by Crippen LogP contribution is 2.56. The molecule has 0 bridgehead atoms. The molecule has 1 saturated heterocycles. The lowest BCUT2D eigenvalue weighted by Crippen LogP contribution is -2.81. The molecule has 1 fully saturated rings. The van der Waals surface area contributed by atoms with Gasteiger partial charge < -0.3 is 24.8 Å². The molecule has 0 aliphatic carbocycles. The molecular weight excluding hydrogens is 468 g/mol. The van der Waals surface area contributed by atoms with E-state index in [1.54, 1.807) is 0 Å². The number of phenols is 1. The summed E-state index contributed by atoms with van der Waals surface area (Å²) >= 11 is 0. The zero-order valence-corrected chi connectivity index (χ0v) is 17.2. The summed E-state index contributed by atoms with van der Waals surface area (Å²) in [6, 6.07) is 3.99. The number of ether oxygens (including phenoxy) is 2. The van der Waals surface area contributed by atoms with Gasteiger partial charge >= 0.3 is 24.3 Å². The number of carbonyl (C=O) groups excluding carboxylic acids is 2. The number of benzene rings is 1. The van der Waals surface area contributed by atoms with Gasteiger partial charge in [-0.25, -0.2) is 5.32 Å². The number of aliphatic hydroxyl groups is 2. The first-order valence-corrected chi connectivity index (χ1v) is 9.55. The number of phenolic OH excluding ortho intramolecular Hbond substituents is 1. The molecule has 2 rings (SSSR count). The summed E-state index contributed by atoms with van der Waals surface area (Å²) in [6.07, 6.45) is -12.0. The Labute approximate surface area is 183 Å². The number of halogens is 6. The van der Waals surface area contributed by atoms with Crippen LogP contribution >= 0.6 is 0 Å². The summed E-state index contributed by atoms with van der Waals surface area (Å²) in [6.45, 7) is 1.30. The van der Waals surface area contributed by atoms with Crippen LogP contribution in [0.4, 0.5) is 26.3 Å². The van der Waals surface area contributed by atoms with Gasteiger partial charge in [0.2, 0.25) is 11.4 Å². The van der Waals surface area contributed by atoms with Crippen LogP contribution in [0, 0.1) is 11.8 Å². The van der Waals surface area contributed by atoms with E-state index < -0.39 is 78.0 Å². The van der Waals surface area contributed by atoms with Crippen LogP contribution in [0.25, 0.3) is 0 Å². The molecule has 1 aliphatic heterocycles. The second-order valence-corrected chi connectivity index (χ2v) is 7.20.